The van der Waals surface area contributed by atoms with E-state index in [-0.39, 0.29) is 17.8 Å². The summed E-state index contributed by atoms with van der Waals surface area (Å²) in [5, 5.41) is 2.91. The summed E-state index contributed by atoms with van der Waals surface area (Å²) in [6.07, 6.45) is 1.61. The minimum Gasteiger partial charge on any atom is -0.462 e. The van der Waals surface area contributed by atoms with Crippen LogP contribution >= 0.6 is 27.7 Å². The van der Waals surface area contributed by atoms with Gasteiger partial charge in [0.15, 0.2) is 0 Å². The highest BCUT2D eigenvalue weighted by molar-refractivity contribution is 9.10. The van der Waals surface area contributed by atoms with E-state index in [4.69, 9.17) is 4.42 Å². The molecule has 1 aliphatic rings. The molecule has 1 aromatic carbocycles. The molecule has 2 amide bonds. The number of carbonyl (C=O) groups excluding carboxylic acids is 2. The quantitative estimate of drug-likeness (QED) is 0.699. The van der Waals surface area contributed by atoms with Crippen molar-refractivity contribution in [3.63, 3.8) is 0 Å². The number of hydrogen-bond donors (Lipinski definition) is 1. The van der Waals surface area contributed by atoms with E-state index in [9.17, 15) is 9.59 Å². The molecule has 1 N–H and O–H groups in total. The van der Waals surface area contributed by atoms with Gasteiger partial charge in [-0.25, -0.2) is 0 Å². The SMILES string of the molecule is Cc1ccc(C=C2SC(=O)N(CNc3c(C)cc(Br)cc3C)C2=O)o1. The van der Waals surface area contributed by atoms with Gasteiger partial charge in [0.25, 0.3) is 11.1 Å². The summed E-state index contributed by atoms with van der Waals surface area (Å²) < 4.78 is 6.44. The van der Waals surface area contributed by atoms with E-state index in [1.165, 1.54) is 4.90 Å². The second-order valence-corrected chi connectivity index (χ2v) is 7.72. The first-order valence-electron chi connectivity index (χ1n) is 7.67. The second kappa shape index (κ2) is 7.09. The lowest BCUT2D eigenvalue weighted by molar-refractivity contribution is -0.122. The summed E-state index contributed by atoms with van der Waals surface area (Å²) in [6.45, 7) is 5.92. The highest BCUT2D eigenvalue weighted by Gasteiger charge is 2.35. The molecule has 1 aromatic heterocycles. The van der Waals surface area contributed by atoms with Crippen molar-refractivity contribution in [1.29, 1.82) is 0 Å². The second-order valence-electron chi connectivity index (χ2n) is 5.81. The van der Waals surface area contributed by atoms with Crippen LogP contribution < -0.4 is 5.32 Å². The van der Waals surface area contributed by atoms with Gasteiger partial charge >= 0.3 is 0 Å². The Kier molecular flexibility index (Phi) is 5.06. The number of halogens is 1. The number of benzene rings is 1. The van der Waals surface area contributed by atoms with E-state index in [1.54, 1.807) is 12.1 Å². The summed E-state index contributed by atoms with van der Waals surface area (Å²) >= 11 is 4.38. The first-order chi connectivity index (χ1) is 11.8. The van der Waals surface area contributed by atoms with Gasteiger partial charge in [0.1, 0.15) is 11.5 Å². The molecular formula is C18H17BrN2O3S. The summed E-state index contributed by atoms with van der Waals surface area (Å²) in [4.78, 5) is 26.3. The molecule has 0 radical (unpaired) electrons. The number of amides is 2. The van der Waals surface area contributed by atoms with Crippen molar-refractivity contribution in [3.05, 3.63) is 56.3 Å². The number of anilines is 1. The molecule has 0 atom stereocenters. The fraction of sp³-hybridized carbons (Fsp3) is 0.222. The number of imide groups is 1. The van der Waals surface area contributed by atoms with E-state index in [1.807, 2.05) is 39.0 Å². The van der Waals surface area contributed by atoms with Gasteiger partial charge in [-0.15, -0.1) is 0 Å². The number of carbonyl (C=O) groups is 2. The van der Waals surface area contributed by atoms with Crippen molar-refractivity contribution in [3.8, 4) is 0 Å². The van der Waals surface area contributed by atoms with E-state index in [2.05, 4.69) is 21.2 Å². The van der Waals surface area contributed by atoms with Crippen LogP contribution in [0.15, 0.2) is 38.1 Å². The molecule has 5 nitrogen and oxygen atoms in total. The highest BCUT2D eigenvalue weighted by atomic mass is 79.9. The third-order valence-electron chi connectivity index (χ3n) is 3.82. The Hall–Kier alpha value is -1.99. The molecular weight excluding hydrogens is 404 g/mol. The molecule has 0 aliphatic carbocycles. The Balaban J connectivity index is 1.75. The molecule has 2 aromatic rings. The van der Waals surface area contributed by atoms with Crippen LogP contribution in [0.3, 0.4) is 0 Å². The van der Waals surface area contributed by atoms with Gasteiger partial charge in [-0.1, -0.05) is 15.9 Å². The van der Waals surface area contributed by atoms with Gasteiger partial charge in [-0.05, 0) is 67.9 Å². The van der Waals surface area contributed by atoms with E-state index >= 15 is 0 Å². The molecule has 0 saturated carbocycles. The predicted molar refractivity (Wildman–Crippen MR) is 103 cm³/mol. The van der Waals surface area contributed by atoms with Crippen molar-refractivity contribution >= 4 is 50.6 Å². The topological polar surface area (TPSA) is 62.6 Å². The van der Waals surface area contributed by atoms with Crippen LogP contribution in [0.25, 0.3) is 6.08 Å². The Morgan fingerprint density at radius 3 is 2.48 bits per heavy atom. The lowest BCUT2D eigenvalue weighted by Gasteiger charge is -2.18. The largest absolute Gasteiger partial charge is 0.462 e. The standard InChI is InChI=1S/C18H17BrN2O3S/c1-10-6-13(19)7-11(2)16(10)20-9-21-17(22)15(25-18(21)23)8-14-5-4-12(3)24-14/h4-8,20H,9H2,1-3H3. The molecule has 3 rings (SSSR count). The maximum absolute atomic E-state index is 12.5. The van der Waals surface area contributed by atoms with Crippen molar-refractivity contribution in [2.24, 2.45) is 0 Å². The molecule has 0 spiro atoms. The third-order valence-corrected chi connectivity index (χ3v) is 5.18. The molecule has 1 fully saturated rings. The summed E-state index contributed by atoms with van der Waals surface area (Å²) in [5.74, 6) is 1.01. The van der Waals surface area contributed by atoms with Crippen LogP contribution in [0.4, 0.5) is 10.5 Å². The number of thioether (sulfide) groups is 1. The van der Waals surface area contributed by atoms with Gasteiger partial charge in [-0.3, -0.25) is 14.5 Å². The number of hydrogen-bond acceptors (Lipinski definition) is 5. The smallest absolute Gasteiger partial charge is 0.295 e. The van der Waals surface area contributed by atoms with Crippen LogP contribution in [-0.2, 0) is 4.79 Å². The lowest BCUT2D eigenvalue weighted by atomic mass is 10.1. The minimum absolute atomic E-state index is 0.127. The predicted octanol–water partition coefficient (Wildman–Crippen LogP) is 5.07. The summed E-state index contributed by atoms with van der Waals surface area (Å²) in [6, 6.07) is 7.57. The summed E-state index contributed by atoms with van der Waals surface area (Å²) in [7, 11) is 0. The number of nitrogens with one attached hydrogen (secondary N) is 1. The Morgan fingerprint density at radius 1 is 1.20 bits per heavy atom. The van der Waals surface area contributed by atoms with Gasteiger partial charge in [0.2, 0.25) is 0 Å². The average Bonchev–Trinajstić information content (AvgIpc) is 3.04. The zero-order chi connectivity index (χ0) is 18.1. The van der Waals surface area contributed by atoms with Crippen molar-refractivity contribution in [2.75, 3.05) is 12.0 Å². The lowest BCUT2D eigenvalue weighted by Crippen LogP contribution is -2.33. The van der Waals surface area contributed by atoms with Crippen LogP contribution in [0.1, 0.15) is 22.6 Å². The van der Waals surface area contributed by atoms with E-state index < -0.39 is 0 Å². The van der Waals surface area contributed by atoms with Crippen molar-refractivity contribution < 1.29 is 14.0 Å². The Bertz CT molecular complexity index is 865. The first kappa shape index (κ1) is 17.8. The van der Waals surface area contributed by atoms with Crippen molar-refractivity contribution in [1.82, 2.24) is 4.90 Å². The molecule has 2 heterocycles. The number of furan rings is 1. The highest BCUT2D eigenvalue weighted by Crippen LogP contribution is 2.33. The number of nitrogens with zero attached hydrogens (tertiary/aromatic N) is 1. The van der Waals surface area contributed by atoms with E-state index in [0.29, 0.717) is 10.7 Å². The van der Waals surface area contributed by atoms with Crippen LogP contribution in [0.2, 0.25) is 0 Å². The van der Waals surface area contributed by atoms with Gasteiger partial charge in [0.05, 0.1) is 11.6 Å². The van der Waals surface area contributed by atoms with Gasteiger partial charge in [-0.2, -0.15) is 0 Å². The molecule has 1 saturated heterocycles. The first-order valence-corrected chi connectivity index (χ1v) is 9.28. The van der Waals surface area contributed by atoms with Gasteiger partial charge in [0, 0.05) is 16.2 Å². The van der Waals surface area contributed by atoms with E-state index in [0.717, 1.165) is 38.8 Å². The molecule has 130 valence electrons. The fourth-order valence-corrected chi connectivity index (χ4v) is 4.15. The number of aryl methyl sites for hydroxylation is 3. The normalized spacial score (nSPS) is 16.2. The molecule has 0 bridgehead atoms. The molecule has 0 unspecified atom stereocenters. The molecule has 7 heteroatoms. The average molecular weight is 421 g/mol. The monoisotopic (exact) mass is 420 g/mol. The Labute approximate surface area is 158 Å². The van der Waals surface area contributed by atoms with Crippen LogP contribution in [0, 0.1) is 20.8 Å². The number of rotatable bonds is 4. The van der Waals surface area contributed by atoms with Gasteiger partial charge < -0.3 is 9.73 Å². The minimum atomic E-state index is -0.316. The maximum atomic E-state index is 12.5. The summed E-state index contributed by atoms with van der Waals surface area (Å²) in [5.41, 5.74) is 3.01. The fourth-order valence-electron chi connectivity index (χ4n) is 2.64. The Morgan fingerprint density at radius 2 is 1.88 bits per heavy atom. The zero-order valence-corrected chi connectivity index (χ0v) is 16.5. The maximum Gasteiger partial charge on any atom is 0.295 e. The van der Waals surface area contributed by atoms with Crippen molar-refractivity contribution in [2.45, 2.75) is 20.8 Å². The third kappa shape index (κ3) is 3.82. The molecule has 1 aliphatic heterocycles. The van der Waals surface area contributed by atoms with Crippen LogP contribution in [-0.4, -0.2) is 22.7 Å². The zero-order valence-electron chi connectivity index (χ0n) is 14.1. The van der Waals surface area contributed by atoms with Crippen LogP contribution in [0.5, 0.6) is 0 Å². The molecule has 25 heavy (non-hydrogen) atoms.